The third kappa shape index (κ3) is 7.28. The van der Waals surface area contributed by atoms with Crippen LogP contribution in [0.1, 0.15) is 5.82 Å². The van der Waals surface area contributed by atoms with Crippen LogP contribution in [0.25, 0.3) is 22.6 Å². The predicted molar refractivity (Wildman–Crippen MR) is 163 cm³/mol. The fraction of sp³-hybridized carbons (Fsp3) is 0.267. The summed E-state index contributed by atoms with van der Waals surface area (Å²) in [6, 6.07) is 11.3. The minimum atomic E-state index is -0.354. The molecule has 0 saturated heterocycles. The maximum absolute atomic E-state index is 13.6. The van der Waals surface area contributed by atoms with Gasteiger partial charge in [0.2, 0.25) is 11.9 Å². The van der Waals surface area contributed by atoms with Gasteiger partial charge in [0.25, 0.3) is 0 Å². The van der Waals surface area contributed by atoms with Gasteiger partial charge in [-0.2, -0.15) is 0 Å². The van der Waals surface area contributed by atoms with Gasteiger partial charge in [-0.15, -0.1) is 0 Å². The Morgan fingerprint density at radius 1 is 1.12 bits per heavy atom. The van der Waals surface area contributed by atoms with Crippen molar-refractivity contribution in [3.05, 3.63) is 73.0 Å². The van der Waals surface area contributed by atoms with Crippen molar-refractivity contribution in [2.24, 2.45) is 0 Å². The molecule has 12 heteroatoms. The third-order valence-corrected chi connectivity index (χ3v) is 6.43. The van der Waals surface area contributed by atoms with Crippen LogP contribution in [-0.4, -0.2) is 83.8 Å². The van der Waals surface area contributed by atoms with E-state index < -0.39 is 0 Å². The summed E-state index contributed by atoms with van der Waals surface area (Å²) in [4.78, 5) is 33.3. The molecule has 0 aliphatic heterocycles. The van der Waals surface area contributed by atoms with Gasteiger partial charge in [-0.25, -0.2) is 19.3 Å². The fourth-order valence-corrected chi connectivity index (χ4v) is 4.23. The van der Waals surface area contributed by atoms with E-state index in [1.807, 2.05) is 32.1 Å². The maximum atomic E-state index is 13.6. The van der Waals surface area contributed by atoms with Gasteiger partial charge in [0.05, 0.1) is 47.9 Å². The van der Waals surface area contributed by atoms with Gasteiger partial charge in [-0.1, -0.05) is 6.58 Å². The lowest BCUT2D eigenvalue weighted by atomic mass is 10.1. The Morgan fingerprint density at radius 3 is 2.55 bits per heavy atom. The minimum Gasteiger partial charge on any atom is -0.494 e. The number of nitrogens with zero attached hydrogens (tertiary/aromatic N) is 5. The molecule has 2 heterocycles. The summed E-state index contributed by atoms with van der Waals surface area (Å²) in [6.07, 6.45) is 3.12. The largest absolute Gasteiger partial charge is 0.494 e. The molecule has 2 aromatic heterocycles. The van der Waals surface area contributed by atoms with Crippen LogP contribution in [-0.2, 0) is 11.2 Å². The number of aromatic nitrogens is 4. The first-order valence-electron chi connectivity index (χ1n) is 13.3. The molecule has 42 heavy (non-hydrogen) atoms. The lowest BCUT2D eigenvalue weighted by Gasteiger charge is -2.26. The van der Waals surface area contributed by atoms with Crippen molar-refractivity contribution in [3.63, 3.8) is 0 Å². The number of amides is 1. The standard InChI is InChI=1S/C30H35FN8O3/c1-6-27(41)33-22-17-23(25(42-5)18-24(22)39(4)15-14-38(2)3)35-30-32-13-11-21(34-30)29-28(36-26(37-29)12-16-40)19-7-9-20(31)10-8-19/h6-11,13,17-18,40H,1,12,14-16H2,2-5H3,(H,33,41)(H,36,37)(H,32,34,35). The van der Waals surface area contributed by atoms with Crippen LogP contribution in [0.2, 0.25) is 0 Å². The quantitative estimate of drug-likeness (QED) is 0.174. The molecular formula is C30H35FN8O3. The normalized spacial score (nSPS) is 10.9. The Balaban J connectivity index is 1.72. The summed E-state index contributed by atoms with van der Waals surface area (Å²) in [5, 5.41) is 15.5. The molecule has 2 aromatic carbocycles. The zero-order valence-corrected chi connectivity index (χ0v) is 24.1. The molecule has 0 saturated carbocycles. The van der Waals surface area contributed by atoms with Gasteiger partial charge in [0.15, 0.2) is 0 Å². The number of ether oxygens (including phenoxy) is 1. The molecule has 0 bridgehead atoms. The lowest BCUT2D eigenvalue weighted by Crippen LogP contribution is -2.29. The molecule has 0 aliphatic carbocycles. The first kappa shape index (κ1) is 30.2. The second-order valence-electron chi connectivity index (χ2n) is 9.77. The molecule has 0 atom stereocenters. The topological polar surface area (TPSA) is 132 Å². The zero-order chi connectivity index (χ0) is 30.2. The van der Waals surface area contributed by atoms with Crippen molar-refractivity contribution in [1.82, 2.24) is 24.8 Å². The molecule has 11 nitrogen and oxygen atoms in total. The highest BCUT2D eigenvalue weighted by atomic mass is 19.1. The zero-order valence-electron chi connectivity index (χ0n) is 24.1. The van der Waals surface area contributed by atoms with E-state index in [0.717, 1.165) is 12.2 Å². The molecule has 4 N–H and O–H groups in total. The number of anilines is 4. The van der Waals surface area contributed by atoms with Crippen LogP contribution in [0.15, 0.2) is 61.3 Å². The number of hydrogen-bond acceptors (Lipinski definition) is 9. The number of methoxy groups -OCH3 is 1. The van der Waals surface area contributed by atoms with E-state index in [2.05, 4.69) is 37.1 Å². The Labute approximate surface area is 244 Å². The van der Waals surface area contributed by atoms with Crippen LogP contribution in [0.3, 0.4) is 0 Å². The van der Waals surface area contributed by atoms with Crippen LogP contribution < -0.4 is 20.3 Å². The van der Waals surface area contributed by atoms with E-state index in [1.165, 1.54) is 18.2 Å². The van der Waals surface area contributed by atoms with Crippen molar-refractivity contribution in [1.29, 1.82) is 0 Å². The van der Waals surface area contributed by atoms with Gasteiger partial charge in [0.1, 0.15) is 17.4 Å². The summed E-state index contributed by atoms with van der Waals surface area (Å²) in [5.74, 6) is 0.651. The number of carbonyl (C=O) groups excluding carboxylic acids is 1. The molecule has 0 fully saturated rings. The number of aliphatic hydroxyl groups excluding tert-OH is 1. The van der Waals surface area contributed by atoms with Gasteiger partial charge >= 0.3 is 0 Å². The number of H-pyrrole nitrogens is 1. The summed E-state index contributed by atoms with van der Waals surface area (Å²) in [5.41, 5.74) is 4.24. The Hall–Kier alpha value is -4.81. The van der Waals surface area contributed by atoms with Crippen LogP contribution in [0.4, 0.5) is 27.4 Å². The van der Waals surface area contributed by atoms with E-state index in [-0.39, 0.29) is 24.3 Å². The number of carbonyl (C=O) groups is 1. The van der Waals surface area contributed by atoms with Crippen molar-refractivity contribution in [3.8, 4) is 28.4 Å². The number of aliphatic hydroxyl groups is 1. The van der Waals surface area contributed by atoms with Crippen molar-refractivity contribution in [2.45, 2.75) is 6.42 Å². The number of imidazole rings is 1. The second kappa shape index (κ2) is 13.7. The first-order chi connectivity index (χ1) is 20.2. The molecule has 4 aromatic rings. The molecule has 0 unspecified atom stereocenters. The fourth-order valence-electron chi connectivity index (χ4n) is 4.23. The molecular weight excluding hydrogens is 539 g/mol. The van der Waals surface area contributed by atoms with Crippen molar-refractivity contribution in [2.75, 3.05) is 63.5 Å². The molecule has 0 aliphatic rings. The van der Waals surface area contributed by atoms with E-state index in [0.29, 0.717) is 58.6 Å². The van der Waals surface area contributed by atoms with Gasteiger partial charge in [0, 0.05) is 44.4 Å². The van der Waals surface area contributed by atoms with E-state index in [4.69, 9.17) is 9.72 Å². The van der Waals surface area contributed by atoms with Gasteiger partial charge < -0.3 is 35.3 Å². The number of aromatic amines is 1. The average molecular weight is 575 g/mol. The summed E-state index contributed by atoms with van der Waals surface area (Å²) in [6.45, 7) is 5.00. The van der Waals surface area contributed by atoms with Gasteiger partial charge in [-0.05, 0) is 56.6 Å². The van der Waals surface area contributed by atoms with Crippen molar-refractivity contribution < 1.29 is 19.0 Å². The molecule has 0 radical (unpaired) electrons. The van der Waals surface area contributed by atoms with Crippen LogP contribution >= 0.6 is 0 Å². The van der Waals surface area contributed by atoms with Gasteiger partial charge in [-0.3, -0.25) is 4.79 Å². The number of benzene rings is 2. The number of likely N-dealkylation sites (N-methyl/N-ethyl adjacent to an activating group) is 2. The SMILES string of the molecule is C=CC(=O)Nc1cc(Nc2nccc(-c3[nH]c(CCO)nc3-c3ccc(F)cc3)n2)c(OC)cc1N(C)CCN(C)C. The lowest BCUT2D eigenvalue weighted by molar-refractivity contribution is -0.111. The number of halogens is 1. The first-order valence-corrected chi connectivity index (χ1v) is 13.3. The highest BCUT2D eigenvalue weighted by Gasteiger charge is 2.19. The summed E-state index contributed by atoms with van der Waals surface area (Å²) < 4.78 is 19.3. The number of hydrogen-bond donors (Lipinski definition) is 4. The van der Waals surface area contributed by atoms with E-state index in [1.54, 1.807) is 37.6 Å². The van der Waals surface area contributed by atoms with E-state index >= 15 is 0 Å². The Bertz CT molecular complexity index is 1540. The minimum absolute atomic E-state index is 0.0861. The highest BCUT2D eigenvalue weighted by Crippen LogP contribution is 2.38. The number of nitrogens with one attached hydrogen (secondary N) is 3. The Morgan fingerprint density at radius 2 is 1.88 bits per heavy atom. The molecule has 1 amide bonds. The summed E-state index contributed by atoms with van der Waals surface area (Å²) >= 11 is 0. The second-order valence-corrected chi connectivity index (χ2v) is 9.77. The summed E-state index contributed by atoms with van der Waals surface area (Å²) in [7, 11) is 7.49. The predicted octanol–water partition coefficient (Wildman–Crippen LogP) is 4.08. The Kier molecular flexibility index (Phi) is 9.84. The van der Waals surface area contributed by atoms with Crippen LogP contribution in [0.5, 0.6) is 5.75 Å². The van der Waals surface area contributed by atoms with Crippen molar-refractivity contribution >= 4 is 28.9 Å². The third-order valence-electron chi connectivity index (χ3n) is 6.43. The number of rotatable bonds is 13. The van der Waals surface area contributed by atoms with E-state index in [9.17, 15) is 14.3 Å². The monoisotopic (exact) mass is 574 g/mol. The maximum Gasteiger partial charge on any atom is 0.247 e. The smallest absolute Gasteiger partial charge is 0.247 e. The average Bonchev–Trinajstić information content (AvgIpc) is 3.40. The molecule has 0 spiro atoms. The molecule has 4 rings (SSSR count). The van der Waals surface area contributed by atoms with Crippen LogP contribution in [0, 0.1) is 5.82 Å². The highest BCUT2D eigenvalue weighted by molar-refractivity contribution is 6.02. The molecule has 220 valence electrons.